The third-order valence-electron chi connectivity index (χ3n) is 5.40. The minimum absolute atomic E-state index is 0.208. The predicted molar refractivity (Wildman–Crippen MR) is 113 cm³/mol. The third kappa shape index (κ3) is 3.82. The Labute approximate surface area is 175 Å². The van der Waals surface area contributed by atoms with Gasteiger partial charge in [-0.1, -0.05) is 12.1 Å². The number of hydrogen-bond acceptors (Lipinski definition) is 7. The number of halogens is 1. The molecule has 0 amide bonds. The highest BCUT2D eigenvalue weighted by molar-refractivity contribution is 5.98. The SMILES string of the molecule is COc1cc2ncnc(N3CCN(Cc4ccc(F)cc4)CC3)c2c(OC)c1OC. The molecular weight excluding hydrogens is 387 g/mol. The molecule has 0 spiro atoms. The molecule has 1 aliphatic heterocycles. The van der Waals surface area contributed by atoms with E-state index in [4.69, 9.17) is 14.2 Å². The molecule has 3 aromatic rings. The van der Waals surface area contributed by atoms with Gasteiger partial charge in [0.25, 0.3) is 0 Å². The molecule has 30 heavy (non-hydrogen) atoms. The summed E-state index contributed by atoms with van der Waals surface area (Å²) in [5.41, 5.74) is 1.85. The predicted octanol–water partition coefficient (Wildman–Crippen LogP) is 3.12. The van der Waals surface area contributed by atoms with Crippen LogP contribution < -0.4 is 19.1 Å². The number of hydrogen-bond donors (Lipinski definition) is 0. The molecule has 158 valence electrons. The van der Waals surface area contributed by atoms with Gasteiger partial charge in [-0.15, -0.1) is 0 Å². The molecule has 2 heterocycles. The van der Waals surface area contributed by atoms with Crippen molar-refractivity contribution in [2.75, 3.05) is 52.4 Å². The molecule has 1 fully saturated rings. The first-order valence-corrected chi connectivity index (χ1v) is 9.80. The number of methoxy groups -OCH3 is 3. The number of fused-ring (bicyclic) bond motifs is 1. The molecule has 0 N–H and O–H groups in total. The summed E-state index contributed by atoms with van der Waals surface area (Å²) in [4.78, 5) is 13.6. The zero-order valence-electron chi connectivity index (χ0n) is 17.4. The van der Waals surface area contributed by atoms with Crippen molar-refractivity contribution in [3.05, 3.63) is 48.0 Å². The van der Waals surface area contributed by atoms with Crippen molar-refractivity contribution in [2.24, 2.45) is 0 Å². The fourth-order valence-electron chi connectivity index (χ4n) is 3.88. The Kier molecular flexibility index (Phi) is 5.85. The monoisotopic (exact) mass is 412 g/mol. The number of nitrogens with zero attached hydrogens (tertiary/aromatic N) is 4. The molecule has 7 nitrogen and oxygen atoms in total. The standard InChI is InChI=1S/C22H25FN4O3/c1-28-18-12-17-19(21(30-3)20(18)29-2)22(25-14-24-17)27-10-8-26(9-11-27)13-15-4-6-16(23)7-5-15/h4-7,12,14H,8-11,13H2,1-3H3. The largest absolute Gasteiger partial charge is 0.493 e. The minimum atomic E-state index is -0.208. The summed E-state index contributed by atoms with van der Waals surface area (Å²) < 4.78 is 29.8. The Morgan fingerprint density at radius 1 is 0.900 bits per heavy atom. The van der Waals surface area contributed by atoms with Crippen molar-refractivity contribution in [1.29, 1.82) is 0 Å². The average molecular weight is 412 g/mol. The second-order valence-corrected chi connectivity index (χ2v) is 7.13. The van der Waals surface area contributed by atoms with Crippen LogP contribution in [0.15, 0.2) is 36.7 Å². The number of ether oxygens (including phenoxy) is 3. The zero-order chi connectivity index (χ0) is 21.1. The van der Waals surface area contributed by atoms with Crippen molar-refractivity contribution < 1.29 is 18.6 Å². The number of rotatable bonds is 6. The lowest BCUT2D eigenvalue weighted by Gasteiger charge is -2.36. The lowest BCUT2D eigenvalue weighted by atomic mass is 10.1. The van der Waals surface area contributed by atoms with E-state index in [2.05, 4.69) is 19.8 Å². The Morgan fingerprint density at radius 3 is 2.23 bits per heavy atom. The van der Waals surface area contributed by atoms with E-state index in [9.17, 15) is 4.39 Å². The van der Waals surface area contributed by atoms with Crippen LogP contribution in [-0.2, 0) is 6.54 Å². The number of aromatic nitrogens is 2. The molecule has 1 saturated heterocycles. The van der Waals surface area contributed by atoms with Crippen LogP contribution in [0, 0.1) is 5.82 Å². The molecule has 0 atom stereocenters. The molecule has 1 aliphatic rings. The van der Waals surface area contributed by atoms with Crippen molar-refractivity contribution >= 4 is 16.7 Å². The van der Waals surface area contributed by atoms with Gasteiger partial charge >= 0.3 is 0 Å². The lowest BCUT2D eigenvalue weighted by molar-refractivity contribution is 0.249. The Balaban J connectivity index is 1.59. The average Bonchev–Trinajstić information content (AvgIpc) is 2.79. The van der Waals surface area contributed by atoms with Crippen LogP contribution in [0.2, 0.25) is 0 Å². The van der Waals surface area contributed by atoms with Gasteiger partial charge in [0, 0.05) is 38.8 Å². The van der Waals surface area contributed by atoms with Gasteiger partial charge < -0.3 is 19.1 Å². The van der Waals surface area contributed by atoms with E-state index in [1.807, 2.05) is 18.2 Å². The maximum atomic E-state index is 13.1. The molecule has 4 rings (SSSR count). The summed E-state index contributed by atoms with van der Waals surface area (Å²) in [7, 11) is 4.78. The second-order valence-electron chi connectivity index (χ2n) is 7.13. The van der Waals surface area contributed by atoms with Crippen molar-refractivity contribution in [1.82, 2.24) is 14.9 Å². The van der Waals surface area contributed by atoms with Gasteiger partial charge in [0.1, 0.15) is 18.0 Å². The van der Waals surface area contributed by atoms with Crippen molar-refractivity contribution in [3.63, 3.8) is 0 Å². The molecule has 1 aromatic heterocycles. The Bertz CT molecular complexity index is 1020. The smallest absolute Gasteiger partial charge is 0.204 e. The lowest BCUT2D eigenvalue weighted by Crippen LogP contribution is -2.46. The van der Waals surface area contributed by atoms with E-state index in [0.29, 0.717) is 17.2 Å². The van der Waals surface area contributed by atoms with Crippen LogP contribution in [0.25, 0.3) is 10.9 Å². The van der Waals surface area contributed by atoms with Crippen molar-refractivity contribution in [2.45, 2.75) is 6.54 Å². The quantitative estimate of drug-likeness (QED) is 0.617. The summed E-state index contributed by atoms with van der Waals surface area (Å²) >= 11 is 0. The summed E-state index contributed by atoms with van der Waals surface area (Å²) in [6, 6.07) is 8.53. The molecule has 2 aromatic carbocycles. The van der Waals surface area contributed by atoms with Gasteiger partial charge in [-0.2, -0.15) is 0 Å². The first-order valence-electron chi connectivity index (χ1n) is 9.80. The fourth-order valence-corrected chi connectivity index (χ4v) is 3.88. The van der Waals surface area contributed by atoms with E-state index in [1.165, 1.54) is 12.1 Å². The van der Waals surface area contributed by atoms with Crippen LogP contribution in [0.1, 0.15) is 5.56 Å². The van der Waals surface area contributed by atoms with Gasteiger partial charge in [-0.25, -0.2) is 14.4 Å². The van der Waals surface area contributed by atoms with Gasteiger partial charge in [-0.05, 0) is 17.7 Å². The summed E-state index contributed by atoms with van der Waals surface area (Å²) in [6.45, 7) is 4.17. The van der Waals surface area contributed by atoms with E-state index < -0.39 is 0 Å². The third-order valence-corrected chi connectivity index (χ3v) is 5.40. The van der Waals surface area contributed by atoms with E-state index >= 15 is 0 Å². The molecule has 0 radical (unpaired) electrons. The van der Waals surface area contributed by atoms with Gasteiger partial charge in [0.05, 0.1) is 32.2 Å². The van der Waals surface area contributed by atoms with Crippen LogP contribution >= 0.6 is 0 Å². The Hall–Kier alpha value is -3.13. The fraction of sp³-hybridized carbons (Fsp3) is 0.364. The number of piperazine rings is 1. The number of anilines is 1. The van der Waals surface area contributed by atoms with Crippen molar-refractivity contribution in [3.8, 4) is 17.2 Å². The topological polar surface area (TPSA) is 60.0 Å². The van der Waals surface area contributed by atoms with Gasteiger partial charge in [-0.3, -0.25) is 4.90 Å². The van der Waals surface area contributed by atoms with Crippen LogP contribution in [0.5, 0.6) is 17.2 Å². The normalized spacial score (nSPS) is 14.7. The molecule has 0 aliphatic carbocycles. The van der Waals surface area contributed by atoms with Crippen LogP contribution in [0.3, 0.4) is 0 Å². The van der Waals surface area contributed by atoms with Gasteiger partial charge in [0.15, 0.2) is 11.5 Å². The minimum Gasteiger partial charge on any atom is -0.493 e. The Morgan fingerprint density at radius 2 is 1.60 bits per heavy atom. The first kappa shape index (κ1) is 20.2. The van der Waals surface area contributed by atoms with E-state index in [0.717, 1.165) is 55.0 Å². The number of benzene rings is 2. The summed E-state index contributed by atoms with van der Waals surface area (Å²) in [6.07, 6.45) is 1.56. The zero-order valence-corrected chi connectivity index (χ0v) is 17.4. The highest BCUT2D eigenvalue weighted by atomic mass is 19.1. The molecular formula is C22H25FN4O3. The van der Waals surface area contributed by atoms with Gasteiger partial charge in [0.2, 0.25) is 5.75 Å². The molecule has 0 saturated carbocycles. The second kappa shape index (κ2) is 8.71. The molecule has 0 unspecified atom stereocenters. The highest BCUT2D eigenvalue weighted by Gasteiger charge is 2.25. The maximum absolute atomic E-state index is 13.1. The highest BCUT2D eigenvalue weighted by Crippen LogP contribution is 2.45. The summed E-state index contributed by atoms with van der Waals surface area (Å²) in [5.74, 6) is 2.27. The van der Waals surface area contributed by atoms with Crippen LogP contribution in [-0.4, -0.2) is 62.4 Å². The summed E-state index contributed by atoms with van der Waals surface area (Å²) in [5, 5.41) is 0.810. The first-order chi connectivity index (χ1) is 14.6. The maximum Gasteiger partial charge on any atom is 0.204 e. The van der Waals surface area contributed by atoms with Crippen LogP contribution in [0.4, 0.5) is 10.2 Å². The van der Waals surface area contributed by atoms with E-state index in [-0.39, 0.29) is 5.82 Å². The molecule has 8 heteroatoms. The van der Waals surface area contributed by atoms with E-state index in [1.54, 1.807) is 27.7 Å². The molecule has 0 bridgehead atoms.